The summed E-state index contributed by atoms with van der Waals surface area (Å²) >= 11 is 0. The van der Waals surface area contributed by atoms with E-state index in [1.807, 2.05) is 0 Å². The molecule has 1 atom stereocenters. The molecule has 1 aromatic heterocycles. The van der Waals surface area contributed by atoms with Crippen molar-refractivity contribution in [2.75, 3.05) is 28.4 Å². The van der Waals surface area contributed by atoms with Crippen LogP contribution in [-0.2, 0) is 20.6 Å². The van der Waals surface area contributed by atoms with E-state index in [9.17, 15) is 4.79 Å². The maximum Gasteiger partial charge on any atom is 0.336 e. The number of rotatable bonds is 6. The van der Waals surface area contributed by atoms with Gasteiger partial charge in [0, 0.05) is 38.3 Å². The monoisotopic (exact) mass is 322 g/mol. The van der Waals surface area contributed by atoms with Gasteiger partial charge in [0.15, 0.2) is 0 Å². The highest BCUT2D eigenvalue weighted by atomic mass is 16.9. The van der Waals surface area contributed by atoms with Crippen LogP contribution in [0.15, 0.2) is 27.4 Å². The Morgan fingerprint density at radius 2 is 1.78 bits per heavy atom. The first-order valence-electron chi connectivity index (χ1n) is 7.04. The predicted molar refractivity (Wildman–Crippen MR) is 80.9 cm³/mol. The average molecular weight is 322 g/mol. The van der Waals surface area contributed by atoms with Crippen LogP contribution in [-0.4, -0.2) is 40.5 Å². The van der Waals surface area contributed by atoms with E-state index in [1.54, 1.807) is 26.4 Å². The number of ether oxygens (including phenoxy) is 5. The highest BCUT2D eigenvalue weighted by molar-refractivity contribution is 5.88. The van der Waals surface area contributed by atoms with Gasteiger partial charge >= 0.3 is 11.6 Å². The highest BCUT2D eigenvalue weighted by Crippen LogP contribution is 2.44. The summed E-state index contributed by atoms with van der Waals surface area (Å²) in [7, 11) is 6.10. The van der Waals surface area contributed by atoms with Crippen LogP contribution in [0.4, 0.5) is 0 Å². The number of methoxy groups -OCH3 is 4. The lowest BCUT2D eigenvalue weighted by Crippen LogP contribution is -2.21. The summed E-state index contributed by atoms with van der Waals surface area (Å²) in [6, 6.07) is 4.77. The molecule has 2 aromatic rings. The molecule has 1 aliphatic heterocycles. The lowest BCUT2D eigenvalue weighted by molar-refractivity contribution is -0.196. The molecule has 0 amide bonds. The first-order chi connectivity index (χ1) is 11.1. The zero-order valence-corrected chi connectivity index (χ0v) is 13.4. The minimum Gasteiger partial charge on any atom is -0.496 e. The van der Waals surface area contributed by atoms with Crippen molar-refractivity contribution in [1.29, 1.82) is 0 Å². The smallest absolute Gasteiger partial charge is 0.336 e. The summed E-state index contributed by atoms with van der Waals surface area (Å²) in [6.07, 6.45) is 0.0756. The van der Waals surface area contributed by atoms with Crippen LogP contribution in [0, 0.1) is 0 Å². The highest BCUT2D eigenvalue weighted by Gasteiger charge is 2.59. The van der Waals surface area contributed by atoms with Crippen LogP contribution < -0.4 is 15.1 Å². The molecule has 7 nitrogen and oxygen atoms in total. The fourth-order valence-corrected chi connectivity index (χ4v) is 2.73. The standard InChI is InChI=1S/C16H18O7/c1-18-11-8-12(19-2)10(7-13-16(20-3,21-4)23-13)15-9(11)5-6-14(17)22-15/h5-6,8,13H,7H2,1-4H3/t13-/m1/s1. The van der Waals surface area contributed by atoms with Crippen LogP contribution in [0.1, 0.15) is 5.56 Å². The van der Waals surface area contributed by atoms with E-state index >= 15 is 0 Å². The largest absolute Gasteiger partial charge is 0.496 e. The van der Waals surface area contributed by atoms with Crippen LogP contribution in [0.2, 0.25) is 0 Å². The molecule has 0 spiro atoms. The molecular weight excluding hydrogens is 304 g/mol. The molecular formula is C16H18O7. The van der Waals surface area contributed by atoms with Gasteiger partial charge < -0.3 is 28.1 Å². The minimum absolute atomic E-state index is 0.325. The Bertz CT molecular complexity index is 776. The molecule has 0 N–H and O–H groups in total. The van der Waals surface area contributed by atoms with Crippen LogP contribution in [0.3, 0.4) is 0 Å². The fourth-order valence-electron chi connectivity index (χ4n) is 2.73. The van der Waals surface area contributed by atoms with Crippen LogP contribution >= 0.6 is 0 Å². The van der Waals surface area contributed by atoms with E-state index in [2.05, 4.69) is 0 Å². The molecule has 0 aliphatic carbocycles. The third-order valence-electron chi connectivity index (χ3n) is 3.97. The SMILES string of the molecule is COc1cc(OC)c2ccc(=O)oc2c1C[C@H]1OC1(OC)OC. The van der Waals surface area contributed by atoms with Crippen LogP contribution in [0.5, 0.6) is 11.5 Å². The third kappa shape index (κ3) is 2.56. The summed E-state index contributed by atoms with van der Waals surface area (Å²) < 4.78 is 32.1. The van der Waals surface area contributed by atoms with Gasteiger partial charge in [0.1, 0.15) is 23.2 Å². The van der Waals surface area contributed by atoms with Gasteiger partial charge in [0.05, 0.1) is 19.6 Å². The minimum atomic E-state index is -1.06. The number of epoxide rings is 1. The second-order valence-electron chi connectivity index (χ2n) is 5.08. The zero-order valence-electron chi connectivity index (χ0n) is 13.4. The lowest BCUT2D eigenvalue weighted by atomic mass is 10.0. The van der Waals surface area contributed by atoms with Crippen molar-refractivity contribution in [3.8, 4) is 11.5 Å². The van der Waals surface area contributed by atoms with Crippen molar-refractivity contribution < 1.29 is 28.1 Å². The first-order valence-corrected chi connectivity index (χ1v) is 7.04. The van der Waals surface area contributed by atoms with Crippen molar-refractivity contribution in [3.05, 3.63) is 34.2 Å². The van der Waals surface area contributed by atoms with Crippen LogP contribution in [0.25, 0.3) is 11.0 Å². The van der Waals surface area contributed by atoms with E-state index in [0.29, 0.717) is 34.5 Å². The summed E-state index contributed by atoms with van der Waals surface area (Å²) in [4.78, 5) is 11.6. The van der Waals surface area contributed by atoms with Gasteiger partial charge in [-0.1, -0.05) is 0 Å². The maximum absolute atomic E-state index is 11.6. The van der Waals surface area contributed by atoms with Gasteiger partial charge in [-0.15, -0.1) is 0 Å². The van der Waals surface area contributed by atoms with E-state index in [-0.39, 0.29) is 6.10 Å². The molecule has 23 heavy (non-hydrogen) atoms. The number of fused-ring (bicyclic) bond motifs is 1. The van der Waals surface area contributed by atoms with Gasteiger partial charge in [0.2, 0.25) is 0 Å². The van der Waals surface area contributed by atoms with E-state index < -0.39 is 11.6 Å². The van der Waals surface area contributed by atoms with Crippen molar-refractivity contribution in [3.63, 3.8) is 0 Å². The molecule has 0 saturated carbocycles. The van der Waals surface area contributed by atoms with Crippen molar-refractivity contribution in [2.24, 2.45) is 0 Å². The zero-order chi connectivity index (χ0) is 16.6. The molecule has 124 valence electrons. The van der Waals surface area contributed by atoms with Crippen molar-refractivity contribution in [1.82, 2.24) is 0 Å². The Labute approximate surface area is 132 Å². The molecule has 7 heteroatoms. The molecule has 0 unspecified atom stereocenters. The van der Waals surface area contributed by atoms with Crippen molar-refractivity contribution in [2.45, 2.75) is 18.5 Å². The Hall–Kier alpha value is -2.09. The molecule has 1 aromatic carbocycles. The number of hydrogen-bond acceptors (Lipinski definition) is 7. The molecule has 1 saturated heterocycles. The third-order valence-corrected chi connectivity index (χ3v) is 3.97. The fraction of sp³-hybridized carbons (Fsp3) is 0.438. The Balaban J connectivity index is 2.11. The summed E-state index contributed by atoms with van der Waals surface area (Å²) in [5.41, 5.74) is 0.655. The Morgan fingerprint density at radius 1 is 1.09 bits per heavy atom. The molecule has 0 radical (unpaired) electrons. The Morgan fingerprint density at radius 3 is 2.35 bits per heavy atom. The molecule has 3 rings (SSSR count). The lowest BCUT2D eigenvalue weighted by Gasteiger charge is -2.14. The first kappa shape index (κ1) is 15.8. The number of benzene rings is 1. The summed E-state index contributed by atoms with van der Waals surface area (Å²) in [5.74, 6) is 0.0397. The number of hydrogen-bond donors (Lipinski definition) is 0. The normalized spacial score (nSPS) is 18.9. The molecule has 1 aliphatic rings. The van der Waals surface area contributed by atoms with E-state index in [1.165, 1.54) is 20.3 Å². The maximum atomic E-state index is 11.6. The van der Waals surface area contributed by atoms with Gasteiger partial charge in [-0.25, -0.2) is 4.79 Å². The van der Waals surface area contributed by atoms with E-state index in [4.69, 9.17) is 28.1 Å². The van der Waals surface area contributed by atoms with Crippen molar-refractivity contribution >= 4 is 11.0 Å². The van der Waals surface area contributed by atoms with E-state index in [0.717, 1.165) is 0 Å². The quantitative estimate of drug-likeness (QED) is 0.455. The second kappa shape index (κ2) is 5.84. The summed E-state index contributed by atoms with van der Waals surface area (Å²) in [5, 5.41) is 0.684. The van der Waals surface area contributed by atoms with Gasteiger partial charge in [-0.05, 0) is 6.07 Å². The second-order valence-corrected chi connectivity index (χ2v) is 5.08. The Kier molecular flexibility index (Phi) is 4.01. The van der Waals surface area contributed by atoms with Gasteiger partial charge in [-0.2, -0.15) is 0 Å². The van der Waals surface area contributed by atoms with Gasteiger partial charge in [0.25, 0.3) is 0 Å². The molecule has 1 fully saturated rings. The average Bonchev–Trinajstić information content (AvgIpc) is 3.28. The van der Waals surface area contributed by atoms with Gasteiger partial charge in [-0.3, -0.25) is 0 Å². The summed E-state index contributed by atoms with van der Waals surface area (Å²) in [6.45, 7) is 0. The molecule has 2 heterocycles. The molecule has 0 bridgehead atoms. The topological polar surface area (TPSA) is 79.7 Å². The predicted octanol–water partition coefficient (Wildman–Crippen LogP) is 1.70.